The highest BCUT2D eigenvalue weighted by atomic mass is 16.5. The van der Waals surface area contributed by atoms with E-state index in [-0.39, 0.29) is 6.04 Å². The number of ether oxygens (including phenoxy) is 1. The van der Waals surface area contributed by atoms with Crippen LogP contribution in [0.25, 0.3) is 0 Å². The Labute approximate surface area is 139 Å². The fourth-order valence-electron chi connectivity index (χ4n) is 2.90. The maximum absolute atomic E-state index is 11.0. The van der Waals surface area contributed by atoms with Crippen molar-refractivity contribution < 1.29 is 9.84 Å². The number of hydrogen-bond donors (Lipinski definition) is 1. The molecule has 0 radical (unpaired) electrons. The zero-order valence-corrected chi connectivity index (χ0v) is 14.1. The molecule has 0 saturated carbocycles. The number of likely N-dealkylation sites (N-methyl/N-ethyl adjacent to an activating group) is 1. The van der Waals surface area contributed by atoms with Crippen molar-refractivity contribution in [1.82, 2.24) is 4.90 Å². The lowest BCUT2D eigenvalue weighted by Crippen LogP contribution is -2.35. The van der Waals surface area contributed by atoms with E-state index in [4.69, 9.17) is 4.74 Å². The van der Waals surface area contributed by atoms with Crippen LogP contribution in [-0.4, -0.2) is 36.3 Å². The molecule has 0 fully saturated rings. The number of aliphatic hydroxyl groups is 1. The van der Waals surface area contributed by atoms with Gasteiger partial charge in [-0.25, -0.2) is 0 Å². The smallest absolute Gasteiger partial charge is 0.0986 e. The summed E-state index contributed by atoms with van der Waals surface area (Å²) in [5.74, 6) is 0. The van der Waals surface area contributed by atoms with Crippen molar-refractivity contribution in [1.29, 1.82) is 0 Å². The van der Waals surface area contributed by atoms with Crippen molar-refractivity contribution in [2.24, 2.45) is 0 Å². The van der Waals surface area contributed by atoms with Gasteiger partial charge in [-0.2, -0.15) is 0 Å². The third-order valence-corrected chi connectivity index (χ3v) is 4.11. The van der Waals surface area contributed by atoms with E-state index in [2.05, 4.69) is 24.0 Å². The predicted octanol–water partition coefficient (Wildman–Crippen LogP) is 3.82. The molecule has 0 aromatic heterocycles. The number of rotatable bonds is 9. The highest BCUT2D eigenvalue weighted by molar-refractivity contribution is 5.26. The van der Waals surface area contributed by atoms with Gasteiger partial charge >= 0.3 is 0 Å². The molecule has 0 aliphatic heterocycles. The molecule has 0 unspecified atom stereocenters. The van der Waals surface area contributed by atoms with Gasteiger partial charge in [0.1, 0.15) is 0 Å². The van der Waals surface area contributed by atoms with Crippen LogP contribution in [0.15, 0.2) is 60.7 Å². The summed E-state index contributed by atoms with van der Waals surface area (Å²) in [7, 11) is 0. The van der Waals surface area contributed by atoms with Gasteiger partial charge in [0.25, 0.3) is 0 Å². The summed E-state index contributed by atoms with van der Waals surface area (Å²) in [6.45, 7) is 7.18. The van der Waals surface area contributed by atoms with E-state index in [1.165, 1.54) is 0 Å². The number of hydrogen-bond acceptors (Lipinski definition) is 3. The maximum Gasteiger partial charge on any atom is 0.0986 e. The van der Waals surface area contributed by atoms with E-state index >= 15 is 0 Å². The maximum atomic E-state index is 11.0. The number of benzene rings is 2. The predicted molar refractivity (Wildman–Crippen MR) is 94.3 cm³/mol. The van der Waals surface area contributed by atoms with Crippen molar-refractivity contribution in [3.8, 4) is 0 Å². The monoisotopic (exact) mass is 313 g/mol. The minimum absolute atomic E-state index is 0.0796. The second kappa shape index (κ2) is 9.46. The highest BCUT2D eigenvalue weighted by Gasteiger charge is 2.27. The molecular weight excluding hydrogens is 286 g/mol. The third kappa shape index (κ3) is 4.90. The quantitative estimate of drug-likeness (QED) is 0.714. The molecule has 3 nitrogen and oxygen atoms in total. The molecule has 0 heterocycles. The second-order valence-electron chi connectivity index (χ2n) is 5.54. The molecule has 2 atom stereocenters. The van der Waals surface area contributed by atoms with Crippen LogP contribution < -0.4 is 0 Å². The normalized spacial score (nSPS) is 13.9. The van der Waals surface area contributed by atoms with Crippen LogP contribution in [0.1, 0.15) is 37.1 Å². The molecule has 2 aromatic rings. The Morgan fingerprint density at radius 3 is 2.00 bits per heavy atom. The molecule has 3 heteroatoms. The van der Waals surface area contributed by atoms with Crippen LogP contribution in [0.2, 0.25) is 0 Å². The molecule has 23 heavy (non-hydrogen) atoms. The molecule has 2 aromatic carbocycles. The first-order valence-corrected chi connectivity index (χ1v) is 8.37. The minimum Gasteiger partial charge on any atom is -0.386 e. The standard InChI is InChI=1S/C20H27NO2/c1-3-21(15-16-23-4-2)19(17-11-7-5-8-12-17)20(22)18-13-9-6-10-14-18/h5-14,19-20,22H,3-4,15-16H2,1-2H3/t19-,20-/m1/s1. The van der Waals surface area contributed by atoms with Gasteiger partial charge in [-0.1, -0.05) is 67.6 Å². The lowest BCUT2D eigenvalue weighted by molar-refractivity contribution is 0.0289. The zero-order valence-electron chi connectivity index (χ0n) is 14.1. The van der Waals surface area contributed by atoms with Crippen molar-refractivity contribution in [3.63, 3.8) is 0 Å². The first kappa shape index (κ1) is 17.7. The Morgan fingerprint density at radius 2 is 1.48 bits per heavy atom. The van der Waals surface area contributed by atoms with Crippen molar-refractivity contribution >= 4 is 0 Å². The third-order valence-electron chi connectivity index (χ3n) is 4.11. The first-order chi connectivity index (χ1) is 11.3. The van der Waals surface area contributed by atoms with Gasteiger partial charge in [0.15, 0.2) is 0 Å². The Bertz CT molecular complexity index is 544. The molecule has 0 saturated heterocycles. The van der Waals surface area contributed by atoms with Gasteiger partial charge in [0, 0.05) is 13.2 Å². The molecule has 0 aliphatic carbocycles. The second-order valence-corrected chi connectivity index (χ2v) is 5.54. The molecule has 0 spiro atoms. The largest absolute Gasteiger partial charge is 0.386 e. The molecule has 0 amide bonds. The van der Waals surface area contributed by atoms with E-state index in [9.17, 15) is 5.11 Å². The van der Waals surface area contributed by atoms with Crippen LogP contribution >= 0.6 is 0 Å². The van der Waals surface area contributed by atoms with E-state index in [0.29, 0.717) is 6.61 Å². The van der Waals surface area contributed by atoms with Crippen molar-refractivity contribution in [3.05, 3.63) is 71.8 Å². The summed E-state index contributed by atoms with van der Waals surface area (Å²) in [5.41, 5.74) is 2.07. The summed E-state index contributed by atoms with van der Waals surface area (Å²) in [5, 5.41) is 11.0. The summed E-state index contributed by atoms with van der Waals surface area (Å²) in [6, 6.07) is 20.0. The van der Waals surface area contributed by atoms with Gasteiger partial charge in [0.05, 0.1) is 18.8 Å². The fourth-order valence-corrected chi connectivity index (χ4v) is 2.90. The summed E-state index contributed by atoms with van der Waals surface area (Å²) in [6.07, 6.45) is -0.569. The number of aliphatic hydroxyl groups excluding tert-OH is 1. The van der Waals surface area contributed by atoms with Crippen LogP contribution in [0.4, 0.5) is 0 Å². The summed E-state index contributed by atoms with van der Waals surface area (Å²) < 4.78 is 5.51. The Hall–Kier alpha value is -1.68. The van der Waals surface area contributed by atoms with Crippen molar-refractivity contribution in [2.45, 2.75) is 26.0 Å². The van der Waals surface area contributed by atoms with E-state index < -0.39 is 6.10 Å². The van der Waals surface area contributed by atoms with Gasteiger partial charge in [-0.3, -0.25) is 4.90 Å². The van der Waals surface area contributed by atoms with Crippen LogP contribution in [-0.2, 0) is 4.74 Å². The van der Waals surface area contributed by atoms with Gasteiger partial charge in [0.2, 0.25) is 0 Å². The van der Waals surface area contributed by atoms with E-state index in [1.54, 1.807) is 0 Å². The zero-order chi connectivity index (χ0) is 16.5. The Morgan fingerprint density at radius 1 is 0.913 bits per heavy atom. The summed E-state index contributed by atoms with van der Waals surface area (Å²) >= 11 is 0. The highest BCUT2D eigenvalue weighted by Crippen LogP contribution is 2.33. The van der Waals surface area contributed by atoms with Crippen LogP contribution in [0.3, 0.4) is 0 Å². The first-order valence-electron chi connectivity index (χ1n) is 8.37. The minimum atomic E-state index is -0.569. The van der Waals surface area contributed by atoms with Crippen LogP contribution in [0, 0.1) is 0 Å². The molecular formula is C20H27NO2. The molecule has 0 aliphatic rings. The average molecular weight is 313 g/mol. The van der Waals surface area contributed by atoms with E-state index in [1.807, 2.05) is 55.5 Å². The van der Waals surface area contributed by atoms with Gasteiger partial charge in [-0.05, 0) is 24.6 Å². The molecule has 2 rings (SSSR count). The van der Waals surface area contributed by atoms with Crippen molar-refractivity contribution in [2.75, 3.05) is 26.3 Å². The Kier molecular flexibility index (Phi) is 7.27. The topological polar surface area (TPSA) is 32.7 Å². The molecule has 124 valence electrons. The Balaban J connectivity index is 2.27. The van der Waals surface area contributed by atoms with E-state index in [0.717, 1.165) is 30.8 Å². The lowest BCUT2D eigenvalue weighted by Gasteiger charge is -2.34. The van der Waals surface area contributed by atoms with Gasteiger partial charge in [-0.15, -0.1) is 0 Å². The SMILES string of the molecule is CCOCCN(CC)[C@H](c1ccccc1)[C@H](O)c1ccccc1. The van der Waals surface area contributed by atoms with Gasteiger partial charge < -0.3 is 9.84 Å². The molecule has 0 bridgehead atoms. The number of nitrogens with zero attached hydrogens (tertiary/aromatic N) is 1. The van der Waals surface area contributed by atoms with Crippen LogP contribution in [0.5, 0.6) is 0 Å². The lowest BCUT2D eigenvalue weighted by atomic mass is 9.94. The fraction of sp³-hybridized carbons (Fsp3) is 0.400. The molecule has 1 N–H and O–H groups in total. The average Bonchev–Trinajstić information content (AvgIpc) is 2.62. The summed E-state index contributed by atoms with van der Waals surface area (Å²) in [4.78, 5) is 2.28.